The summed E-state index contributed by atoms with van der Waals surface area (Å²) in [7, 11) is 1.96. The second kappa shape index (κ2) is 5.30. The number of aromatic nitrogens is 3. The van der Waals surface area contributed by atoms with Gasteiger partial charge in [0.2, 0.25) is 0 Å². The van der Waals surface area contributed by atoms with Gasteiger partial charge in [-0.05, 0) is 6.92 Å². The Morgan fingerprint density at radius 2 is 2.32 bits per heavy atom. The lowest BCUT2D eigenvalue weighted by atomic mass is 10.2. The van der Waals surface area contributed by atoms with Gasteiger partial charge in [0.1, 0.15) is 0 Å². The lowest BCUT2D eigenvalue weighted by molar-refractivity contribution is 0.221. The Labute approximate surface area is 117 Å². The molecule has 3 rings (SSSR count). The fourth-order valence-electron chi connectivity index (χ4n) is 2.63. The zero-order chi connectivity index (χ0) is 13.2. The molecule has 1 aliphatic heterocycles. The summed E-state index contributed by atoms with van der Waals surface area (Å²) in [5.41, 5.74) is 1.29. The van der Waals surface area contributed by atoms with Crippen molar-refractivity contribution in [1.82, 2.24) is 19.7 Å². The molecule has 5 nitrogen and oxygen atoms in total. The molecule has 0 bridgehead atoms. The van der Waals surface area contributed by atoms with Crippen molar-refractivity contribution >= 4 is 16.5 Å². The van der Waals surface area contributed by atoms with Gasteiger partial charge in [0.25, 0.3) is 0 Å². The van der Waals surface area contributed by atoms with Crippen molar-refractivity contribution < 1.29 is 0 Å². The molecule has 0 amide bonds. The maximum absolute atomic E-state index is 4.42. The average Bonchev–Trinajstić information content (AvgIpc) is 3.01. The molecule has 3 heterocycles. The highest BCUT2D eigenvalue weighted by Crippen LogP contribution is 2.23. The average molecular weight is 277 g/mol. The summed E-state index contributed by atoms with van der Waals surface area (Å²) in [6.45, 7) is 6.48. The molecule has 0 saturated carbocycles. The fourth-order valence-corrected chi connectivity index (χ4v) is 3.40. The molecule has 0 spiro atoms. The van der Waals surface area contributed by atoms with E-state index >= 15 is 0 Å². The molecule has 0 aromatic carbocycles. The summed E-state index contributed by atoms with van der Waals surface area (Å²) < 4.78 is 1.87. The van der Waals surface area contributed by atoms with Crippen LogP contribution in [0.15, 0.2) is 24.0 Å². The molecule has 0 aliphatic carbocycles. The topological polar surface area (TPSA) is 37.2 Å². The van der Waals surface area contributed by atoms with Crippen LogP contribution < -0.4 is 4.90 Å². The summed E-state index contributed by atoms with van der Waals surface area (Å²) in [6.07, 6.45) is 5.93. The highest BCUT2D eigenvalue weighted by Gasteiger charge is 2.25. The normalized spacial score (nSPS) is 20.9. The van der Waals surface area contributed by atoms with Gasteiger partial charge < -0.3 is 4.90 Å². The van der Waals surface area contributed by atoms with Crippen LogP contribution in [0.3, 0.4) is 0 Å². The van der Waals surface area contributed by atoms with Crippen LogP contribution >= 0.6 is 11.3 Å². The minimum absolute atomic E-state index is 0.511. The van der Waals surface area contributed by atoms with Crippen molar-refractivity contribution in [3.63, 3.8) is 0 Å². The zero-order valence-corrected chi connectivity index (χ0v) is 12.2. The van der Waals surface area contributed by atoms with E-state index in [1.807, 2.05) is 29.5 Å². The molecule has 102 valence electrons. The van der Waals surface area contributed by atoms with E-state index in [-0.39, 0.29) is 0 Å². The van der Waals surface area contributed by atoms with Crippen LogP contribution in [0.2, 0.25) is 0 Å². The molecule has 1 atom stereocenters. The summed E-state index contributed by atoms with van der Waals surface area (Å²) in [5, 5.41) is 7.42. The number of aryl methyl sites for hydroxylation is 1. The Morgan fingerprint density at radius 3 is 2.95 bits per heavy atom. The molecule has 1 saturated heterocycles. The lowest BCUT2D eigenvalue weighted by Crippen LogP contribution is -2.51. The minimum atomic E-state index is 0.511. The van der Waals surface area contributed by atoms with Gasteiger partial charge in [-0.25, -0.2) is 4.98 Å². The Morgan fingerprint density at radius 1 is 1.42 bits per heavy atom. The van der Waals surface area contributed by atoms with E-state index in [1.54, 1.807) is 11.3 Å². The molecule has 0 radical (unpaired) electrons. The predicted octanol–water partition coefficient (Wildman–Crippen LogP) is 1.59. The van der Waals surface area contributed by atoms with Crippen molar-refractivity contribution in [2.45, 2.75) is 19.5 Å². The molecule has 2 aromatic heterocycles. The number of hydrogen-bond acceptors (Lipinski definition) is 5. The summed E-state index contributed by atoms with van der Waals surface area (Å²) in [6, 6.07) is 0.511. The largest absolute Gasteiger partial charge is 0.343 e. The van der Waals surface area contributed by atoms with Gasteiger partial charge in [0.05, 0.1) is 6.20 Å². The monoisotopic (exact) mass is 277 g/mol. The molecular formula is C13H19N5S. The fraction of sp³-hybridized carbons (Fsp3) is 0.538. The standard InChI is InChI=1S/C13H19N5S/c1-11-8-17(10-12-7-15-16(2)9-12)4-5-18(11)13-14-3-6-19-13/h3,6-7,9,11H,4-5,8,10H2,1-2H3. The van der Waals surface area contributed by atoms with Gasteiger partial charge in [-0.2, -0.15) is 5.10 Å². The number of anilines is 1. The van der Waals surface area contributed by atoms with E-state index < -0.39 is 0 Å². The maximum Gasteiger partial charge on any atom is 0.185 e. The van der Waals surface area contributed by atoms with Crippen molar-refractivity contribution in [3.8, 4) is 0 Å². The van der Waals surface area contributed by atoms with Gasteiger partial charge in [-0.3, -0.25) is 9.58 Å². The van der Waals surface area contributed by atoms with Crippen LogP contribution in [0.1, 0.15) is 12.5 Å². The van der Waals surface area contributed by atoms with Crippen LogP contribution in [0.4, 0.5) is 5.13 Å². The number of hydrogen-bond donors (Lipinski definition) is 0. The van der Waals surface area contributed by atoms with Crippen LogP contribution in [-0.4, -0.2) is 45.3 Å². The lowest BCUT2D eigenvalue weighted by Gasteiger charge is -2.39. The molecule has 1 aliphatic rings. The maximum atomic E-state index is 4.42. The molecule has 1 fully saturated rings. The highest BCUT2D eigenvalue weighted by molar-refractivity contribution is 7.13. The van der Waals surface area contributed by atoms with Gasteiger partial charge in [0, 0.05) is 62.6 Å². The number of thiazole rings is 1. The first-order valence-corrected chi connectivity index (χ1v) is 7.46. The number of rotatable bonds is 3. The van der Waals surface area contributed by atoms with Crippen molar-refractivity contribution in [1.29, 1.82) is 0 Å². The summed E-state index contributed by atoms with van der Waals surface area (Å²) >= 11 is 1.72. The molecule has 19 heavy (non-hydrogen) atoms. The third-order valence-electron chi connectivity index (χ3n) is 3.54. The van der Waals surface area contributed by atoms with E-state index in [9.17, 15) is 0 Å². The second-order valence-electron chi connectivity index (χ2n) is 5.11. The van der Waals surface area contributed by atoms with E-state index in [4.69, 9.17) is 0 Å². The van der Waals surface area contributed by atoms with Crippen molar-refractivity contribution in [2.24, 2.45) is 7.05 Å². The zero-order valence-electron chi connectivity index (χ0n) is 11.4. The molecule has 1 unspecified atom stereocenters. The summed E-state index contributed by atoms with van der Waals surface area (Å²) in [5.74, 6) is 0. The molecule has 2 aromatic rings. The van der Waals surface area contributed by atoms with Crippen LogP contribution in [0.5, 0.6) is 0 Å². The highest BCUT2D eigenvalue weighted by atomic mass is 32.1. The van der Waals surface area contributed by atoms with Crippen LogP contribution in [-0.2, 0) is 13.6 Å². The molecule has 0 N–H and O–H groups in total. The van der Waals surface area contributed by atoms with Crippen LogP contribution in [0, 0.1) is 0 Å². The minimum Gasteiger partial charge on any atom is -0.343 e. The van der Waals surface area contributed by atoms with Crippen LogP contribution in [0.25, 0.3) is 0 Å². The van der Waals surface area contributed by atoms with Crippen molar-refractivity contribution in [3.05, 3.63) is 29.5 Å². The van der Waals surface area contributed by atoms with E-state index in [0.29, 0.717) is 6.04 Å². The van der Waals surface area contributed by atoms with E-state index in [2.05, 4.69) is 33.0 Å². The molecular weight excluding hydrogens is 258 g/mol. The SMILES string of the molecule is CC1CN(Cc2cnn(C)c2)CCN1c1nccs1. The van der Waals surface area contributed by atoms with E-state index in [1.165, 1.54) is 5.56 Å². The smallest absolute Gasteiger partial charge is 0.185 e. The number of piperazine rings is 1. The van der Waals surface area contributed by atoms with Gasteiger partial charge in [-0.15, -0.1) is 11.3 Å². The summed E-state index contributed by atoms with van der Waals surface area (Å²) in [4.78, 5) is 9.31. The Balaban J connectivity index is 1.61. The van der Waals surface area contributed by atoms with Gasteiger partial charge in [-0.1, -0.05) is 0 Å². The first-order chi connectivity index (χ1) is 9.22. The van der Waals surface area contributed by atoms with Crippen molar-refractivity contribution in [2.75, 3.05) is 24.5 Å². The molecule has 6 heteroatoms. The van der Waals surface area contributed by atoms with E-state index in [0.717, 1.165) is 31.3 Å². The van der Waals surface area contributed by atoms with Gasteiger partial charge >= 0.3 is 0 Å². The third-order valence-corrected chi connectivity index (χ3v) is 4.35. The second-order valence-corrected chi connectivity index (χ2v) is 5.99. The Kier molecular flexibility index (Phi) is 3.52. The Bertz CT molecular complexity index is 521. The van der Waals surface area contributed by atoms with Gasteiger partial charge in [0.15, 0.2) is 5.13 Å². The predicted molar refractivity (Wildman–Crippen MR) is 77.4 cm³/mol. The number of nitrogens with zero attached hydrogens (tertiary/aromatic N) is 5. The first kappa shape index (κ1) is 12.6. The third kappa shape index (κ3) is 2.79. The quantitative estimate of drug-likeness (QED) is 0.854. The first-order valence-electron chi connectivity index (χ1n) is 6.58. The Hall–Kier alpha value is -1.40.